The number of nitrogens with two attached hydrogens (primary N) is 1. The average molecular weight is 430 g/mol. The van der Waals surface area contributed by atoms with Crippen molar-refractivity contribution >= 4 is 23.6 Å². The minimum atomic E-state index is -0.661. The Morgan fingerprint density at radius 3 is 2.75 bits per heavy atom. The summed E-state index contributed by atoms with van der Waals surface area (Å²) in [6.07, 6.45) is 2.22. The van der Waals surface area contributed by atoms with Gasteiger partial charge in [-0.15, -0.1) is 5.10 Å². The summed E-state index contributed by atoms with van der Waals surface area (Å²) in [7, 11) is 0. The first kappa shape index (κ1) is 19.6. The molecule has 0 bridgehead atoms. The number of nitrogens with zero attached hydrogens (tertiary/aromatic N) is 4. The molecule has 1 unspecified atom stereocenters. The fourth-order valence-corrected chi connectivity index (χ4v) is 4.04. The van der Waals surface area contributed by atoms with Crippen molar-refractivity contribution in [1.82, 2.24) is 25.2 Å². The van der Waals surface area contributed by atoms with Crippen LogP contribution in [0, 0.1) is 0 Å². The van der Waals surface area contributed by atoms with Gasteiger partial charge in [-0.2, -0.15) is 0 Å². The van der Waals surface area contributed by atoms with E-state index < -0.39 is 17.9 Å². The maximum atomic E-state index is 13.0. The van der Waals surface area contributed by atoms with Crippen LogP contribution in [0.4, 0.5) is 0 Å². The van der Waals surface area contributed by atoms with Crippen LogP contribution in [0.2, 0.25) is 0 Å². The fourth-order valence-electron chi connectivity index (χ4n) is 4.04. The maximum absolute atomic E-state index is 13.0. The van der Waals surface area contributed by atoms with Gasteiger partial charge in [-0.05, 0) is 36.2 Å². The fraction of sp³-hybridized carbons (Fsp3) is 0.182. The van der Waals surface area contributed by atoms with Crippen molar-refractivity contribution in [2.75, 3.05) is 0 Å². The van der Waals surface area contributed by atoms with Gasteiger partial charge in [0.2, 0.25) is 17.7 Å². The van der Waals surface area contributed by atoms with Crippen molar-refractivity contribution in [3.05, 3.63) is 65.4 Å². The van der Waals surface area contributed by atoms with Crippen molar-refractivity contribution in [2.24, 2.45) is 5.73 Å². The predicted molar refractivity (Wildman–Crippen MR) is 111 cm³/mol. The third kappa shape index (κ3) is 3.31. The molecule has 1 aromatic heterocycles. The molecule has 2 aliphatic heterocycles. The number of hydrogen-bond donors (Lipinski definition) is 2. The van der Waals surface area contributed by atoms with Crippen molar-refractivity contribution in [2.45, 2.75) is 25.4 Å². The van der Waals surface area contributed by atoms with Gasteiger partial charge in [0.25, 0.3) is 5.91 Å². The first-order valence-corrected chi connectivity index (χ1v) is 10.0. The molecule has 3 N–H and O–H groups in total. The minimum absolute atomic E-state index is 0.209. The normalized spacial score (nSPS) is 17.9. The number of primary amides is 1. The van der Waals surface area contributed by atoms with Crippen molar-refractivity contribution in [3.63, 3.8) is 0 Å². The van der Waals surface area contributed by atoms with Crippen molar-refractivity contribution in [1.29, 1.82) is 0 Å². The molecule has 10 nitrogen and oxygen atoms in total. The molecule has 160 valence electrons. The number of carbonyl (C=O) groups excluding carboxylic acids is 4. The van der Waals surface area contributed by atoms with E-state index in [1.54, 1.807) is 36.5 Å². The molecule has 0 saturated carbocycles. The molecule has 0 radical (unpaired) electrons. The van der Waals surface area contributed by atoms with Crippen molar-refractivity contribution < 1.29 is 19.2 Å². The van der Waals surface area contributed by atoms with Gasteiger partial charge in [0, 0.05) is 29.7 Å². The molecule has 4 amide bonds. The molecule has 1 saturated heterocycles. The standard InChI is InChI=1S/C22H18N6O4/c23-20(30)13-3-1-2-12(8-13)17-11-28(26-25-17)15-5-4-14-10-27(22(32)16(14)9-15)18-6-7-19(29)24-21(18)31/h1-5,8-9,11,18H,6-7,10H2,(H2,23,30)(H,24,29,31). The molecule has 2 aliphatic rings. The summed E-state index contributed by atoms with van der Waals surface area (Å²) in [5.41, 5.74) is 8.87. The Hall–Kier alpha value is -4.34. The molecule has 3 aromatic rings. The largest absolute Gasteiger partial charge is 0.366 e. The van der Waals surface area contributed by atoms with E-state index in [1.807, 2.05) is 12.1 Å². The van der Waals surface area contributed by atoms with Crippen LogP contribution in [0.3, 0.4) is 0 Å². The van der Waals surface area contributed by atoms with Gasteiger partial charge in [-0.1, -0.05) is 23.4 Å². The molecular weight excluding hydrogens is 412 g/mol. The first-order chi connectivity index (χ1) is 15.4. The van der Waals surface area contributed by atoms with E-state index in [0.717, 1.165) is 5.56 Å². The Balaban J connectivity index is 1.41. The monoisotopic (exact) mass is 430 g/mol. The Morgan fingerprint density at radius 2 is 1.97 bits per heavy atom. The SMILES string of the molecule is NC(=O)c1cccc(-c2cn(-c3ccc4c(c3)C(=O)N(C3CCC(=O)NC3=O)C4)nn2)c1. The van der Waals surface area contributed by atoms with E-state index in [-0.39, 0.29) is 18.2 Å². The summed E-state index contributed by atoms with van der Waals surface area (Å²) in [6.45, 7) is 0.309. The quantitative estimate of drug-likeness (QED) is 0.587. The number of fused-ring (bicyclic) bond motifs is 1. The van der Waals surface area contributed by atoms with Gasteiger partial charge < -0.3 is 10.6 Å². The summed E-state index contributed by atoms with van der Waals surface area (Å²) >= 11 is 0. The van der Waals surface area contributed by atoms with Crippen LogP contribution in [-0.4, -0.2) is 49.6 Å². The maximum Gasteiger partial charge on any atom is 0.255 e. The zero-order valence-corrected chi connectivity index (χ0v) is 16.8. The Labute approximate surface area is 182 Å². The summed E-state index contributed by atoms with van der Waals surface area (Å²) in [4.78, 5) is 49.6. The lowest BCUT2D eigenvalue weighted by molar-refractivity contribution is -0.136. The highest BCUT2D eigenvalue weighted by Gasteiger charge is 2.39. The summed E-state index contributed by atoms with van der Waals surface area (Å²) in [5.74, 6) is -1.55. The number of nitrogens with one attached hydrogen (secondary N) is 1. The van der Waals surface area contributed by atoms with Crippen LogP contribution < -0.4 is 11.1 Å². The summed E-state index contributed by atoms with van der Waals surface area (Å²) in [5, 5.41) is 10.6. The number of imide groups is 1. The third-order valence-corrected chi connectivity index (χ3v) is 5.71. The second-order valence-corrected chi connectivity index (χ2v) is 7.73. The molecule has 2 aromatic carbocycles. The van der Waals surface area contributed by atoms with Gasteiger partial charge in [-0.25, -0.2) is 4.68 Å². The molecule has 0 aliphatic carbocycles. The second-order valence-electron chi connectivity index (χ2n) is 7.73. The first-order valence-electron chi connectivity index (χ1n) is 10.0. The molecule has 1 atom stereocenters. The number of piperidine rings is 1. The zero-order chi connectivity index (χ0) is 22.4. The number of aromatic nitrogens is 3. The molecule has 10 heteroatoms. The van der Waals surface area contributed by atoms with E-state index in [0.29, 0.717) is 41.0 Å². The highest BCUT2D eigenvalue weighted by molar-refractivity contribution is 6.05. The highest BCUT2D eigenvalue weighted by Crippen LogP contribution is 2.29. The molecular formula is C22H18N6O4. The number of amides is 4. The molecule has 0 spiro atoms. The lowest BCUT2D eigenvalue weighted by Crippen LogP contribution is -2.52. The summed E-state index contributed by atoms with van der Waals surface area (Å²) in [6, 6.07) is 11.5. The molecule has 1 fully saturated rings. The predicted octanol–water partition coefficient (Wildman–Crippen LogP) is 0.794. The minimum Gasteiger partial charge on any atom is -0.366 e. The van der Waals surface area contributed by atoms with Crippen molar-refractivity contribution in [3.8, 4) is 16.9 Å². The van der Waals surface area contributed by atoms with E-state index in [1.165, 1.54) is 9.58 Å². The second kappa shape index (κ2) is 7.41. The smallest absolute Gasteiger partial charge is 0.255 e. The highest BCUT2D eigenvalue weighted by atomic mass is 16.2. The van der Waals surface area contributed by atoms with E-state index in [9.17, 15) is 19.2 Å². The Kier molecular flexibility index (Phi) is 4.54. The Morgan fingerprint density at radius 1 is 1.12 bits per heavy atom. The number of hydrogen-bond acceptors (Lipinski definition) is 6. The lowest BCUT2D eigenvalue weighted by Gasteiger charge is -2.29. The number of rotatable bonds is 4. The van der Waals surface area contributed by atoms with Gasteiger partial charge in [0.15, 0.2) is 0 Å². The molecule has 3 heterocycles. The van der Waals surface area contributed by atoms with Gasteiger partial charge >= 0.3 is 0 Å². The topological polar surface area (TPSA) is 140 Å². The summed E-state index contributed by atoms with van der Waals surface area (Å²) < 4.78 is 1.54. The number of carbonyl (C=O) groups is 4. The van der Waals surface area contributed by atoms with Crippen LogP contribution in [0.25, 0.3) is 16.9 Å². The average Bonchev–Trinajstić information content (AvgIpc) is 3.39. The Bertz CT molecular complexity index is 1300. The zero-order valence-electron chi connectivity index (χ0n) is 16.8. The van der Waals surface area contributed by atoms with Crippen LogP contribution >= 0.6 is 0 Å². The van der Waals surface area contributed by atoms with Gasteiger partial charge in [-0.3, -0.25) is 24.5 Å². The molecule has 5 rings (SSSR count). The van der Waals surface area contributed by atoms with E-state index >= 15 is 0 Å². The van der Waals surface area contributed by atoms with Crippen LogP contribution in [0.5, 0.6) is 0 Å². The number of benzene rings is 2. The van der Waals surface area contributed by atoms with Crippen LogP contribution in [0.1, 0.15) is 39.1 Å². The van der Waals surface area contributed by atoms with Crippen LogP contribution in [-0.2, 0) is 16.1 Å². The third-order valence-electron chi connectivity index (χ3n) is 5.71. The van der Waals surface area contributed by atoms with Gasteiger partial charge in [0.1, 0.15) is 11.7 Å². The van der Waals surface area contributed by atoms with E-state index in [4.69, 9.17) is 5.73 Å². The van der Waals surface area contributed by atoms with E-state index in [2.05, 4.69) is 15.6 Å². The van der Waals surface area contributed by atoms with Crippen LogP contribution in [0.15, 0.2) is 48.7 Å². The molecule has 32 heavy (non-hydrogen) atoms. The van der Waals surface area contributed by atoms with Gasteiger partial charge in [0.05, 0.1) is 11.9 Å². The lowest BCUT2D eigenvalue weighted by atomic mass is 10.0.